The number of rotatable bonds is 7. The van der Waals surface area contributed by atoms with Gasteiger partial charge >= 0.3 is 0 Å². The van der Waals surface area contributed by atoms with Gasteiger partial charge in [-0.1, -0.05) is 6.92 Å². The molecule has 3 aromatic rings. The molecule has 1 aliphatic rings. The van der Waals surface area contributed by atoms with Crippen molar-refractivity contribution in [1.29, 1.82) is 0 Å². The van der Waals surface area contributed by atoms with Crippen molar-refractivity contribution < 1.29 is 4.74 Å². The summed E-state index contributed by atoms with van der Waals surface area (Å²) in [5.74, 6) is 2.70. The van der Waals surface area contributed by atoms with Gasteiger partial charge < -0.3 is 21.1 Å². The third-order valence-corrected chi connectivity index (χ3v) is 5.47. The fourth-order valence-corrected chi connectivity index (χ4v) is 3.76. The first kappa shape index (κ1) is 19.5. The van der Waals surface area contributed by atoms with Gasteiger partial charge in [0.2, 0.25) is 0 Å². The van der Waals surface area contributed by atoms with E-state index in [-0.39, 0.29) is 0 Å². The molecular weight excluding hydrogens is 364 g/mol. The fraction of sp³-hybridized carbons (Fsp3) is 0.455. The van der Waals surface area contributed by atoms with E-state index in [4.69, 9.17) is 15.5 Å². The monoisotopic (exact) mass is 394 g/mol. The summed E-state index contributed by atoms with van der Waals surface area (Å²) in [4.78, 5) is 4.80. The molecule has 0 amide bonds. The van der Waals surface area contributed by atoms with Gasteiger partial charge in [0.15, 0.2) is 5.65 Å². The summed E-state index contributed by atoms with van der Waals surface area (Å²) < 4.78 is 7.52. The third kappa shape index (κ3) is 4.45. The van der Waals surface area contributed by atoms with Gasteiger partial charge in [-0.25, -0.2) is 4.98 Å². The first-order chi connectivity index (χ1) is 14.1. The molecule has 1 aliphatic carbocycles. The number of fused-ring (bicyclic) bond motifs is 1. The summed E-state index contributed by atoms with van der Waals surface area (Å²) in [6, 6.07) is 10.7. The number of ether oxygens (including phenoxy) is 1. The van der Waals surface area contributed by atoms with Crippen LogP contribution >= 0.6 is 0 Å². The molecule has 4 N–H and O–H groups in total. The average molecular weight is 395 g/mol. The van der Waals surface area contributed by atoms with E-state index in [1.54, 1.807) is 6.20 Å². The largest absolute Gasteiger partial charge is 0.494 e. The van der Waals surface area contributed by atoms with Crippen LogP contribution in [0.3, 0.4) is 0 Å². The number of hydrogen-bond donors (Lipinski definition) is 3. The molecule has 7 heteroatoms. The molecule has 1 aromatic carbocycles. The zero-order chi connectivity index (χ0) is 20.2. The molecule has 1 saturated carbocycles. The average Bonchev–Trinajstić information content (AvgIpc) is 3.20. The molecule has 0 bridgehead atoms. The Hall–Kier alpha value is -2.80. The Labute approximate surface area is 171 Å². The lowest BCUT2D eigenvalue weighted by atomic mass is 9.92. The van der Waals surface area contributed by atoms with Crippen molar-refractivity contribution in [1.82, 2.24) is 14.6 Å². The van der Waals surface area contributed by atoms with Crippen LogP contribution in [0.25, 0.3) is 5.65 Å². The lowest BCUT2D eigenvalue weighted by molar-refractivity contribution is 0.317. The van der Waals surface area contributed by atoms with E-state index in [0.717, 1.165) is 73.0 Å². The maximum atomic E-state index is 6.05. The van der Waals surface area contributed by atoms with Gasteiger partial charge in [0, 0.05) is 29.4 Å². The molecule has 4 rings (SSSR count). The Morgan fingerprint density at radius 1 is 1.14 bits per heavy atom. The number of hydrogen-bond acceptors (Lipinski definition) is 6. The summed E-state index contributed by atoms with van der Waals surface area (Å²) in [6.45, 7) is 4.90. The van der Waals surface area contributed by atoms with Crippen LogP contribution in [0.5, 0.6) is 5.75 Å². The topological polar surface area (TPSA) is 89.5 Å². The van der Waals surface area contributed by atoms with E-state index >= 15 is 0 Å². The molecule has 0 unspecified atom stereocenters. The van der Waals surface area contributed by atoms with Crippen molar-refractivity contribution in [2.24, 2.45) is 5.73 Å². The first-order valence-electron chi connectivity index (χ1n) is 10.5. The van der Waals surface area contributed by atoms with E-state index in [0.29, 0.717) is 12.1 Å². The summed E-state index contributed by atoms with van der Waals surface area (Å²) in [6.07, 6.45) is 7.05. The smallest absolute Gasteiger partial charge is 0.159 e. The van der Waals surface area contributed by atoms with Gasteiger partial charge in [-0.3, -0.25) is 0 Å². The second kappa shape index (κ2) is 8.69. The Morgan fingerprint density at radius 2 is 1.90 bits per heavy atom. The zero-order valence-corrected chi connectivity index (χ0v) is 17.2. The highest BCUT2D eigenvalue weighted by molar-refractivity contribution is 5.69. The minimum absolute atomic E-state index is 0.334. The van der Waals surface area contributed by atoms with E-state index in [1.165, 1.54) is 0 Å². The van der Waals surface area contributed by atoms with E-state index in [9.17, 15) is 0 Å². The molecule has 2 aromatic heterocycles. The van der Waals surface area contributed by atoms with Crippen LogP contribution in [0.15, 0.2) is 36.5 Å². The summed E-state index contributed by atoms with van der Waals surface area (Å²) in [7, 11) is 0. The van der Waals surface area contributed by atoms with E-state index in [2.05, 4.69) is 29.6 Å². The second-order valence-corrected chi connectivity index (χ2v) is 7.79. The summed E-state index contributed by atoms with van der Waals surface area (Å²) in [5, 5.41) is 11.6. The van der Waals surface area contributed by atoms with Crippen molar-refractivity contribution >= 4 is 23.0 Å². The number of nitrogens with one attached hydrogen (secondary N) is 2. The first-order valence-corrected chi connectivity index (χ1v) is 10.5. The summed E-state index contributed by atoms with van der Waals surface area (Å²) in [5.41, 5.74) is 8.89. The minimum Gasteiger partial charge on any atom is -0.494 e. The Bertz CT molecular complexity index is 944. The lowest BCUT2D eigenvalue weighted by Gasteiger charge is -2.28. The standard InChI is InChI=1S/C22H30N6O/c1-3-14-29-19-10-8-18(9-11-19)26-22-15(2)21(27-20-12-13-24-28(20)22)25-17-6-4-16(23)5-7-17/h8-13,16-17,26H,3-7,14,23H2,1-2H3,(H,25,27). The molecule has 0 atom stereocenters. The maximum absolute atomic E-state index is 6.05. The van der Waals surface area contributed by atoms with Gasteiger partial charge in [-0.2, -0.15) is 9.61 Å². The van der Waals surface area contributed by atoms with Crippen molar-refractivity contribution in [3.63, 3.8) is 0 Å². The molecule has 1 fully saturated rings. The van der Waals surface area contributed by atoms with Crippen LogP contribution in [0.2, 0.25) is 0 Å². The fourth-order valence-electron chi connectivity index (χ4n) is 3.76. The predicted molar refractivity (Wildman–Crippen MR) is 117 cm³/mol. The van der Waals surface area contributed by atoms with Gasteiger partial charge in [0.1, 0.15) is 17.4 Å². The molecule has 0 radical (unpaired) electrons. The highest BCUT2D eigenvalue weighted by atomic mass is 16.5. The lowest BCUT2D eigenvalue weighted by Crippen LogP contribution is -2.33. The number of nitrogens with two attached hydrogens (primary N) is 1. The van der Waals surface area contributed by atoms with Gasteiger partial charge in [-0.15, -0.1) is 0 Å². The highest BCUT2D eigenvalue weighted by Crippen LogP contribution is 2.29. The number of anilines is 3. The number of aromatic nitrogens is 3. The SMILES string of the molecule is CCCOc1ccc(Nc2c(C)c(NC3CCC(N)CC3)nc3ccnn23)cc1. The zero-order valence-electron chi connectivity index (χ0n) is 17.2. The van der Waals surface area contributed by atoms with Crippen LogP contribution in [0, 0.1) is 6.92 Å². The van der Waals surface area contributed by atoms with Crippen LogP contribution in [-0.2, 0) is 0 Å². The molecule has 0 saturated heterocycles. The van der Waals surface area contributed by atoms with Crippen LogP contribution in [0.4, 0.5) is 17.3 Å². The van der Waals surface area contributed by atoms with Gasteiger partial charge in [0.25, 0.3) is 0 Å². The minimum atomic E-state index is 0.334. The molecule has 154 valence electrons. The van der Waals surface area contributed by atoms with Crippen LogP contribution < -0.4 is 21.1 Å². The third-order valence-electron chi connectivity index (χ3n) is 5.47. The van der Waals surface area contributed by atoms with Gasteiger partial charge in [-0.05, 0) is 63.3 Å². The van der Waals surface area contributed by atoms with Crippen molar-refractivity contribution in [2.45, 2.75) is 58.0 Å². The molecule has 29 heavy (non-hydrogen) atoms. The highest BCUT2D eigenvalue weighted by Gasteiger charge is 2.21. The van der Waals surface area contributed by atoms with Crippen molar-refractivity contribution in [2.75, 3.05) is 17.2 Å². The summed E-state index contributed by atoms with van der Waals surface area (Å²) >= 11 is 0. The number of benzene rings is 1. The van der Waals surface area contributed by atoms with Crippen molar-refractivity contribution in [3.8, 4) is 5.75 Å². The second-order valence-electron chi connectivity index (χ2n) is 7.79. The Balaban J connectivity index is 1.58. The molecule has 2 heterocycles. The molecule has 0 spiro atoms. The predicted octanol–water partition coefficient (Wildman–Crippen LogP) is 4.25. The van der Waals surface area contributed by atoms with E-state index in [1.807, 2.05) is 34.8 Å². The normalized spacial score (nSPS) is 19.3. The van der Waals surface area contributed by atoms with Gasteiger partial charge in [0.05, 0.1) is 12.8 Å². The van der Waals surface area contributed by atoms with Crippen LogP contribution in [-0.4, -0.2) is 33.3 Å². The quantitative estimate of drug-likeness (QED) is 0.555. The molecular formula is C22H30N6O. The number of nitrogens with zero attached hydrogens (tertiary/aromatic N) is 3. The van der Waals surface area contributed by atoms with E-state index < -0.39 is 0 Å². The van der Waals surface area contributed by atoms with Crippen molar-refractivity contribution in [3.05, 3.63) is 42.1 Å². The Morgan fingerprint density at radius 3 is 2.62 bits per heavy atom. The molecule has 7 nitrogen and oxygen atoms in total. The maximum Gasteiger partial charge on any atom is 0.159 e. The van der Waals surface area contributed by atoms with Crippen LogP contribution in [0.1, 0.15) is 44.6 Å². The molecule has 0 aliphatic heterocycles. The Kier molecular flexibility index (Phi) is 5.85.